The lowest BCUT2D eigenvalue weighted by atomic mass is 9.87. The fourth-order valence-corrected chi connectivity index (χ4v) is 3.62. The van der Waals surface area contributed by atoms with Gasteiger partial charge >= 0.3 is 0 Å². The van der Waals surface area contributed by atoms with Crippen molar-refractivity contribution in [2.75, 3.05) is 36.5 Å². The van der Waals surface area contributed by atoms with Crippen molar-refractivity contribution in [1.29, 1.82) is 0 Å². The third kappa shape index (κ3) is 3.28. The van der Waals surface area contributed by atoms with E-state index in [-0.39, 0.29) is 23.8 Å². The van der Waals surface area contributed by atoms with Crippen LogP contribution in [0, 0.1) is 3.57 Å². The van der Waals surface area contributed by atoms with Crippen LogP contribution in [0.1, 0.15) is 23.5 Å². The average Bonchev–Trinajstić information content (AvgIpc) is 2.62. The van der Waals surface area contributed by atoms with E-state index in [1.54, 1.807) is 0 Å². The fraction of sp³-hybridized carbons (Fsp3) is 0.353. The number of amides is 1. The molecule has 1 fully saturated rings. The summed E-state index contributed by atoms with van der Waals surface area (Å²) in [5, 5.41) is 2.76. The molecule has 0 spiro atoms. The van der Waals surface area contributed by atoms with Crippen LogP contribution >= 0.6 is 22.6 Å². The first-order chi connectivity index (χ1) is 12.1. The van der Waals surface area contributed by atoms with Crippen molar-refractivity contribution in [3.05, 3.63) is 49.3 Å². The van der Waals surface area contributed by atoms with Crippen LogP contribution < -0.4 is 15.8 Å². The van der Waals surface area contributed by atoms with Gasteiger partial charge in [-0.25, -0.2) is 0 Å². The molecule has 2 N–H and O–H groups in total. The summed E-state index contributed by atoms with van der Waals surface area (Å²) in [5.41, 5.74) is 1.27. The molecule has 8 heteroatoms. The number of nitrogens with zero attached hydrogens (tertiary/aromatic N) is 2. The van der Waals surface area contributed by atoms with E-state index >= 15 is 0 Å². The Kier molecular flexibility index (Phi) is 4.46. The third-order valence-electron chi connectivity index (χ3n) is 4.52. The summed E-state index contributed by atoms with van der Waals surface area (Å²) in [6.45, 7) is 2.52. The second kappa shape index (κ2) is 6.75. The molecule has 2 aromatic rings. The first-order valence-electron chi connectivity index (χ1n) is 8.14. The molecule has 0 unspecified atom stereocenters. The van der Waals surface area contributed by atoms with Gasteiger partial charge in [-0.05, 0) is 40.3 Å². The predicted molar refractivity (Wildman–Crippen MR) is 102 cm³/mol. The number of hydrogen-bond acceptors (Lipinski definition) is 5. The summed E-state index contributed by atoms with van der Waals surface area (Å²) >= 11 is 2.23. The number of morpholine rings is 1. The minimum absolute atomic E-state index is 0.123. The first kappa shape index (κ1) is 16.5. The highest BCUT2D eigenvalue weighted by Gasteiger charge is 2.31. The van der Waals surface area contributed by atoms with Crippen molar-refractivity contribution in [3.63, 3.8) is 0 Å². The first-order valence-corrected chi connectivity index (χ1v) is 9.22. The molecule has 0 bridgehead atoms. The number of benzene rings is 1. The van der Waals surface area contributed by atoms with E-state index in [1.165, 1.54) is 0 Å². The van der Waals surface area contributed by atoms with E-state index in [1.807, 2.05) is 29.2 Å². The number of ether oxygens (including phenoxy) is 1. The zero-order valence-corrected chi connectivity index (χ0v) is 15.6. The minimum Gasteiger partial charge on any atom is -0.378 e. The Hall–Kier alpha value is -1.94. The molecule has 0 saturated carbocycles. The highest BCUT2D eigenvalue weighted by Crippen LogP contribution is 2.34. The molecule has 7 nitrogen and oxygen atoms in total. The lowest BCUT2D eigenvalue weighted by Crippen LogP contribution is -2.40. The summed E-state index contributed by atoms with van der Waals surface area (Å²) in [6.07, 6.45) is 0.245. The number of aromatic amines is 1. The van der Waals surface area contributed by atoms with Crippen molar-refractivity contribution in [1.82, 2.24) is 9.97 Å². The zero-order chi connectivity index (χ0) is 17.4. The summed E-state index contributed by atoms with van der Waals surface area (Å²) in [6, 6.07) is 7.88. The van der Waals surface area contributed by atoms with Gasteiger partial charge < -0.3 is 15.0 Å². The van der Waals surface area contributed by atoms with Crippen molar-refractivity contribution < 1.29 is 9.53 Å². The smallest absolute Gasteiger partial charge is 0.258 e. The van der Waals surface area contributed by atoms with Gasteiger partial charge in [0.1, 0.15) is 5.82 Å². The molecule has 0 radical (unpaired) electrons. The molecular weight excluding hydrogens is 435 g/mol. The Balaban J connectivity index is 1.77. The van der Waals surface area contributed by atoms with Gasteiger partial charge in [0.25, 0.3) is 5.56 Å². The number of rotatable bonds is 2. The predicted octanol–water partition coefficient (Wildman–Crippen LogP) is 1.69. The maximum atomic E-state index is 12.8. The lowest BCUT2D eigenvalue weighted by Gasteiger charge is -2.29. The van der Waals surface area contributed by atoms with E-state index in [0.29, 0.717) is 43.6 Å². The van der Waals surface area contributed by atoms with Crippen LogP contribution in [0.5, 0.6) is 0 Å². The van der Waals surface area contributed by atoms with E-state index in [9.17, 15) is 9.59 Å². The number of carbonyl (C=O) groups is 1. The van der Waals surface area contributed by atoms with Gasteiger partial charge in [-0.15, -0.1) is 0 Å². The summed E-state index contributed by atoms with van der Waals surface area (Å²) < 4.78 is 6.44. The average molecular weight is 452 g/mol. The molecule has 130 valence electrons. The molecule has 1 atom stereocenters. The second-order valence-corrected chi connectivity index (χ2v) is 7.35. The van der Waals surface area contributed by atoms with Gasteiger partial charge in [0.15, 0.2) is 0 Å². The number of aromatic nitrogens is 2. The molecule has 1 saturated heterocycles. The fourth-order valence-electron chi connectivity index (χ4n) is 3.26. The van der Waals surface area contributed by atoms with Gasteiger partial charge in [-0.3, -0.25) is 14.6 Å². The summed E-state index contributed by atoms with van der Waals surface area (Å²) in [7, 11) is 0. The van der Waals surface area contributed by atoms with Gasteiger partial charge in [0, 0.05) is 29.0 Å². The Bertz CT molecular complexity index is 859. The largest absolute Gasteiger partial charge is 0.378 e. The van der Waals surface area contributed by atoms with Crippen LogP contribution in [-0.2, 0) is 9.53 Å². The molecule has 4 rings (SSSR count). The molecule has 2 aliphatic rings. The maximum absolute atomic E-state index is 12.8. The minimum atomic E-state index is -0.282. The van der Waals surface area contributed by atoms with Crippen LogP contribution in [0.4, 0.5) is 11.8 Å². The normalized spacial score (nSPS) is 20.1. The van der Waals surface area contributed by atoms with Crippen molar-refractivity contribution in [2.45, 2.75) is 12.3 Å². The van der Waals surface area contributed by atoms with Crippen LogP contribution in [0.25, 0.3) is 0 Å². The Labute approximate surface area is 157 Å². The second-order valence-electron chi connectivity index (χ2n) is 6.11. The Morgan fingerprint density at radius 3 is 2.60 bits per heavy atom. The molecule has 1 aromatic heterocycles. The number of halogens is 1. The SMILES string of the molecule is O=C1C[C@@H](c2ccc(I)cc2)c2c(nc(N3CCOCC3)[nH]c2=O)N1. The maximum Gasteiger partial charge on any atom is 0.258 e. The molecule has 2 aliphatic heterocycles. The Morgan fingerprint density at radius 1 is 1.16 bits per heavy atom. The van der Waals surface area contributed by atoms with Gasteiger partial charge in [-0.1, -0.05) is 12.1 Å². The van der Waals surface area contributed by atoms with E-state index in [4.69, 9.17) is 4.74 Å². The zero-order valence-electron chi connectivity index (χ0n) is 13.4. The van der Waals surface area contributed by atoms with Gasteiger partial charge in [-0.2, -0.15) is 4.98 Å². The number of carbonyl (C=O) groups excluding carboxylic acids is 1. The summed E-state index contributed by atoms with van der Waals surface area (Å²) in [4.78, 5) is 34.3. The molecule has 25 heavy (non-hydrogen) atoms. The van der Waals surface area contributed by atoms with Gasteiger partial charge in [0.2, 0.25) is 11.9 Å². The number of hydrogen-bond donors (Lipinski definition) is 2. The van der Waals surface area contributed by atoms with E-state index in [2.05, 4.69) is 37.9 Å². The van der Waals surface area contributed by atoms with Crippen LogP contribution in [0.15, 0.2) is 29.1 Å². The molecule has 1 amide bonds. The highest BCUT2D eigenvalue weighted by molar-refractivity contribution is 14.1. The topological polar surface area (TPSA) is 87.3 Å². The molecule has 1 aromatic carbocycles. The number of H-pyrrole nitrogens is 1. The van der Waals surface area contributed by atoms with E-state index < -0.39 is 0 Å². The highest BCUT2D eigenvalue weighted by atomic mass is 127. The van der Waals surface area contributed by atoms with Gasteiger partial charge in [0.05, 0.1) is 18.8 Å². The summed E-state index contributed by atoms with van der Waals surface area (Å²) in [5.74, 6) is 0.443. The third-order valence-corrected chi connectivity index (χ3v) is 5.24. The molecule has 0 aliphatic carbocycles. The van der Waals surface area contributed by atoms with E-state index in [0.717, 1.165) is 9.13 Å². The number of anilines is 2. The number of nitrogens with one attached hydrogen (secondary N) is 2. The lowest BCUT2D eigenvalue weighted by molar-refractivity contribution is -0.116. The molecular formula is C17H17IN4O3. The standard InChI is InChI=1S/C17H17IN4O3/c18-11-3-1-10(2-4-11)12-9-13(23)19-15-14(12)16(24)21-17(20-15)22-5-7-25-8-6-22/h1-4,12H,5-9H2,(H2,19,20,21,23,24)/t12-/m0/s1. The van der Waals surface area contributed by atoms with Crippen LogP contribution in [-0.4, -0.2) is 42.2 Å². The monoisotopic (exact) mass is 452 g/mol. The Morgan fingerprint density at radius 2 is 1.88 bits per heavy atom. The van der Waals surface area contributed by atoms with Crippen LogP contribution in [0.3, 0.4) is 0 Å². The number of fused-ring (bicyclic) bond motifs is 1. The van der Waals surface area contributed by atoms with Crippen molar-refractivity contribution >= 4 is 40.3 Å². The van der Waals surface area contributed by atoms with Crippen molar-refractivity contribution in [2.24, 2.45) is 0 Å². The van der Waals surface area contributed by atoms with Crippen LogP contribution in [0.2, 0.25) is 0 Å². The van der Waals surface area contributed by atoms with Crippen molar-refractivity contribution in [3.8, 4) is 0 Å². The molecule has 3 heterocycles. The quantitative estimate of drug-likeness (QED) is 0.678.